The molecular formula is C19H23ClN2O6S. The maximum absolute atomic E-state index is 13.3. The van der Waals surface area contributed by atoms with E-state index in [1.807, 2.05) is 0 Å². The molecule has 0 aliphatic carbocycles. The quantitative estimate of drug-likeness (QED) is 0.496. The molecule has 0 fully saturated rings. The zero-order chi connectivity index (χ0) is 22.1. The molecule has 2 rings (SSSR count). The molecule has 0 bridgehead atoms. The highest BCUT2D eigenvalue weighted by molar-refractivity contribution is 7.90. The summed E-state index contributed by atoms with van der Waals surface area (Å²) in [6.45, 7) is 8.61. The first-order valence-corrected chi connectivity index (χ1v) is 11.2. The topological polar surface area (TPSA) is 105 Å². The minimum Gasteiger partial charge on any atom is -0.434 e. The van der Waals surface area contributed by atoms with Gasteiger partial charge in [0.15, 0.2) is 9.84 Å². The Morgan fingerprint density at radius 2 is 1.83 bits per heavy atom. The zero-order valence-corrected chi connectivity index (χ0v) is 18.7. The average molecular weight is 443 g/mol. The molecule has 0 N–H and O–H groups in total. The third kappa shape index (κ3) is 4.45. The van der Waals surface area contributed by atoms with Gasteiger partial charge >= 0.3 is 6.16 Å². The Bertz CT molecular complexity index is 1090. The number of ether oxygens (including phenoxy) is 2. The van der Waals surface area contributed by atoms with E-state index in [4.69, 9.17) is 21.1 Å². The fraction of sp³-hybridized carbons (Fsp3) is 0.421. The van der Waals surface area contributed by atoms with E-state index in [-0.39, 0.29) is 39.1 Å². The number of aromatic nitrogens is 2. The van der Waals surface area contributed by atoms with Gasteiger partial charge < -0.3 is 9.47 Å². The maximum Gasteiger partial charge on any atom is 0.515 e. The number of halogens is 1. The number of benzene rings is 1. The monoisotopic (exact) mass is 442 g/mol. The molecule has 0 saturated carbocycles. The van der Waals surface area contributed by atoms with Gasteiger partial charge in [-0.2, -0.15) is 5.10 Å². The zero-order valence-electron chi connectivity index (χ0n) is 17.1. The van der Waals surface area contributed by atoms with Crippen molar-refractivity contribution in [2.24, 2.45) is 0 Å². The summed E-state index contributed by atoms with van der Waals surface area (Å²) in [4.78, 5) is 25.3. The molecule has 0 radical (unpaired) electrons. The second-order valence-electron chi connectivity index (χ2n) is 6.48. The number of sulfone groups is 1. The van der Waals surface area contributed by atoms with E-state index in [2.05, 4.69) is 5.10 Å². The van der Waals surface area contributed by atoms with E-state index in [0.717, 1.165) is 6.26 Å². The van der Waals surface area contributed by atoms with Crippen LogP contribution >= 0.6 is 11.6 Å². The van der Waals surface area contributed by atoms with E-state index in [1.54, 1.807) is 34.6 Å². The summed E-state index contributed by atoms with van der Waals surface area (Å²) < 4.78 is 35.6. The third-order valence-electron chi connectivity index (χ3n) is 4.29. The molecule has 0 amide bonds. The molecule has 1 heterocycles. The van der Waals surface area contributed by atoms with Crippen LogP contribution in [0.15, 0.2) is 11.0 Å². The largest absolute Gasteiger partial charge is 0.515 e. The Labute approximate surface area is 174 Å². The van der Waals surface area contributed by atoms with Crippen molar-refractivity contribution in [2.45, 2.75) is 46.1 Å². The van der Waals surface area contributed by atoms with Gasteiger partial charge in [0.2, 0.25) is 11.7 Å². The van der Waals surface area contributed by atoms with Gasteiger partial charge in [-0.1, -0.05) is 11.6 Å². The van der Waals surface area contributed by atoms with Crippen LogP contribution in [0.5, 0.6) is 5.88 Å². The number of aryl methyl sites for hydroxylation is 3. The summed E-state index contributed by atoms with van der Waals surface area (Å²) >= 11 is 6.38. The van der Waals surface area contributed by atoms with Crippen LogP contribution in [0.2, 0.25) is 5.02 Å². The standard InChI is InChI=1S/C19H23ClN2O6S/c1-7-22-18(28-19(24)27-8-2)14(12(5)21-22)16(23)13-9-10(3)17(29(6,25)26)11(4)15(13)20/h9H,7-8H2,1-6H3. The maximum atomic E-state index is 13.3. The SMILES string of the molecule is CCOC(=O)Oc1c(C(=O)c2cc(C)c(S(C)(=O)=O)c(C)c2Cl)c(C)nn1CC. The van der Waals surface area contributed by atoms with E-state index in [0.29, 0.717) is 17.8 Å². The van der Waals surface area contributed by atoms with Crippen LogP contribution in [0.3, 0.4) is 0 Å². The second kappa shape index (κ2) is 8.54. The molecule has 0 aliphatic rings. The van der Waals surface area contributed by atoms with Gasteiger partial charge in [0.25, 0.3) is 0 Å². The summed E-state index contributed by atoms with van der Waals surface area (Å²) in [5.41, 5.74) is 1.18. The lowest BCUT2D eigenvalue weighted by Gasteiger charge is -2.14. The second-order valence-corrected chi connectivity index (χ2v) is 8.81. The number of hydrogen-bond acceptors (Lipinski definition) is 7. The van der Waals surface area contributed by atoms with E-state index in [1.165, 1.54) is 10.7 Å². The lowest BCUT2D eigenvalue weighted by molar-refractivity contribution is 0.0978. The number of ketones is 1. The summed E-state index contributed by atoms with van der Waals surface area (Å²) in [6, 6.07) is 1.42. The van der Waals surface area contributed by atoms with Crippen LogP contribution in [-0.4, -0.2) is 43.0 Å². The van der Waals surface area contributed by atoms with Gasteiger partial charge in [0.05, 0.1) is 22.2 Å². The minimum absolute atomic E-state index is 0.0201. The Balaban J connectivity index is 2.67. The predicted molar refractivity (Wildman–Crippen MR) is 108 cm³/mol. The Hall–Kier alpha value is -2.39. The molecule has 0 unspecified atom stereocenters. The molecule has 158 valence electrons. The van der Waals surface area contributed by atoms with Crippen molar-refractivity contribution in [2.75, 3.05) is 12.9 Å². The van der Waals surface area contributed by atoms with Crippen LogP contribution < -0.4 is 4.74 Å². The Morgan fingerprint density at radius 1 is 1.21 bits per heavy atom. The highest BCUT2D eigenvalue weighted by Crippen LogP contribution is 2.34. The number of carbonyl (C=O) groups excluding carboxylic acids is 2. The van der Waals surface area contributed by atoms with Gasteiger partial charge in [-0.25, -0.2) is 17.9 Å². The third-order valence-corrected chi connectivity index (χ3v) is 6.15. The van der Waals surface area contributed by atoms with E-state index in [9.17, 15) is 18.0 Å². The minimum atomic E-state index is -3.53. The smallest absolute Gasteiger partial charge is 0.434 e. The van der Waals surface area contributed by atoms with E-state index < -0.39 is 21.8 Å². The summed E-state index contributed by atoms with van der Waals surface area (Å²) in [5, 5.41) is 4.26. The molecule has 0 spiro atoms. The molecule has 2 aromatic rings. The first kappa shape index (κ1) is 22.9. The molecule has 1 aromatic heterocycles. The molecule has 8 nitrogen and oxygen atoms in total. The van der Waals surface area contributed by atoms with Gasteiger partial charge in [0, 0.05) is 18.4 Å². The highest BCUT2D eigenvalue weighted by atomic mass is 35.5. The van der Waals surface area contributed by atoms with Crippen molar-refractivity contribution in [3.63, 3.8) is 0 Å². The first-order chi connectivity index (χ1) is 13.4. The van der Waals surface area contributed by atoms with Crippen LogP contribution in [0.1, 0.15) is 46.6 Å². The Morgan fingerprint density at radius 3 is 2.34 bits per heavy atom. The van der Waals surface area contributed by atoms with Gasteiger partial charge in [-0.05, 0) is 51.8 Å². The highest BCUT2D eigenvalue weighted by Gasteiger charge is 2.29. The normalized spacial score (nSPS) is 11.4. The predicted octanol–water partition coefficient (Wildman–Crippen LogP) is 3.65. The molecule has 10 heteroatoms. The average Bonchev–Trinajstić information content (AvgIpc) is 2.91. The van der Waals surface area contributed by atoms with Gasteiger partial charge in [-0.15, -0.1) is 0 Å². The van der Waals surface area contributed by atoms with Crippen LogP contribution in [0.4, 0.5) is 4.79 Å². The van der Waals surface area contributed by atoms with Crippen molar-refractivity contribution >= 4 is 33.4 Å². The lowest BCUT2D eigenvalue weighted by Crippen LogP contribution is -2.16. The molecule has 0 atom stereocenters. The summed E-state index contributed by atoms with van der Waals surface area (Å²) in [6.07, 6.45) is 0.128. The molecule has 0 aliphatic heterocycles. The summed E-state index contributed by atoms with van der Waals surface area (Å²) in [7, 11) is -3.53. The molecule has 1 aromatic carbocycles. The van der Waals surface area contributed by atoms with Gasteiger partial charge in [-0.3, -0.25) is 4.79 Å². The van der Waals surface area contributed by atoms with Crippen LogP contribution in [-0.2, 0) is 21.1 Å². The first-order valence-electron chi connectivity index (χ1n) is 8.90. The van der Waals surface area contributed by atoms with Crippen molar-refractivity contribution in [3.05, 3.63) is 39.0 Å². The van der Waals surface area contributed by atoms with Crippen molar-refractivity contribution in [3.8, 4) is 5.88 Å². The van der Waals surface area contributed by atoms with Crippen LogP contribution in [0, 0.1) is 20.8 Å². The van der Waals surface area contributed by atoms with Crippen LogP contribution in [0.25, 0.3) is 0 Å². The fourth-order valence-corrected chi connectivity index (χ4v) is 4.77. The molecule has 0 saturated heterocycles. The number of hydrogen-bond donors (Lipinski definition) is 0. The molecular weight excluding hydrogens is 420 g/mol. The van der Waals surface area contributed by atoms with Crippen molar-refractivity contribution in [1.29, 1.82) is 0 Å². The van der Waals surface area contributed by atoms with Gasteiger partial charge in [0.1, 0.15) is 5.56 Å². The number of rotatable bonds is 6. The fourth-order valence-electron chi connectivity index (χ4n) is 3.18. The van der Waals surface area contributed by atoms with Crippen molar-refractivity contribution < 1.29 is 27.5 Å². The summed E-state index contributed by atoms with van der Waals surface area (Å²) in [5.74, 6) is -0.579. The number of nitrogens with zero attached hydrogens (tertiary/aromatic N) is 2. The van der Waals surface area contributed by atoms with E-state index >= 15 is 0 Å². The van der Waals surface area contributed by atoms with Crippen molar-refractivity contribution in [1.82, 2.24) is 9.78 Å². The number of carbonyl (C=O) groups is 2. The molecule has 29 heavy (non-hydrogen) atoms. The Kier molecular flexibility index (Phi) is 6.74. The lowest BCUT2D eigenvalue weighted by atomic mass is 9.99.